The lowest BCUT2D eigenvalue weighted by molar-refractivity contribution is -0.718. The first-order chi connectivity index (χ1) is 24.2. The number of fused-ring (bicyclic) bond motifs is 9. The molecule has 1 aliphatic heterocycles. The van der Waals surface area contributed by atoms with Gasteiger partial charge in [0.25, 0.3) is 0 Å². The number of hydrogen-bond donors (Lipinski definition) is 0. The van der Waals surface area contributed by atoms with Crippen molar-refractivity contribution in [1.29, 1.82) is 0 Å². The number of aryl methyl sites for hydroxylation is 3. The lowest BCUT2D eigenvalue weighted by atomic mass is 9.78. The highest BCUT2D eigenvalue weighted by Crippen LogP contribution is 2.45. The molecule has 0 fully saturated rings. The molecule has 0 saturated carbocycles. The lowest BCUT2D eigenvalue weighted by Gasteiger charge is -2.30. The summed E-state index contributed by atoms with van der Waals surface area (Å²) in [7, 11) is 2.20. The van der Waals surface area contributed by atoms with Crippen molar-refractivity contribution < 1.29 is 9.13 Å². The molecule has 50 heavy (non-hydrogen) atoms. The number of pyridine rings is 2. The number of rotatable bonds is 6. The first kappa shape index (κ1) is 30.8. The van der Waals surface area contributed by atoms with Crippen LogP contribution < -0.4 is 9.13 Å². The minimum Gasteiger partial charge on any atom is -0.308 e. The molecule has 0 amide bonds. The van der Waals surface area contributed by atoms with Gasteiger partial charge in [-0.2, -0.15) is 4.57 Å². The first-order valence-electron chi connectivity index (χ1n) is 18.2. The van der Waals surface area contributed by atoms with Crippen LogP contribution in [0.2, 0.25) is 0 Å². The van der Waals surface area contributed by atoms with E-state index < -0.39 is 0 Å². The van der Waals surface area contributed by atoms with E-state index in [-0.39, 0.29) is 5.41 Å². The van der Waals surface area contributed by atoms with E-state index in [4.69, 9.17) is 0 Å². The van der Waals surface area contributed by atoms with E-state index >= 15 is 0 Å². The zero-order valence-electron chi connectivity index (χ0n) is 29.9. The highest BCUT2D eigenvalue weighted by Gasteiger charge is 2.39. The maximum absolute atomic E-state index is 4.23. The Morgan fingerprint density at radius 3 is 2.34 bits per heavy atom. The van der Waals surface area contributed by atoms with Gasteiger partial charge in [-0.3, -0.25) is 0 Å². The molecule has 8 aromatic rings. The van der Waals surface area contributed by atoms with Crippen LogP contribution in [0, 0.1) is 6.92 Å². The second-order valence-corrected chi connectivity index (χ2v) is 15.6. The summed E-state index contributed by atoms with van der Waals surface area (Å²) in [5.74, 6) is 0.357. The molecule has 0 bridgehead atoms. The fourth-order valence-electron chi connectivity index (χ4n) is 8.96. The highest BCUT2D eigenvalue weighted by atomic mass is 15.0. The van der Waals surface area contributed by atoms with Crippen LogP contribution in [0.3, 0.4) is 0 Å². The standard InChI is InChI=1S/C47H45N3/c1-7-13-41-36(33-14-8-9-15-34(33)42-23-20-30(2)29-49(41)42)22-21-31-26-45-40(28-39(31)44-27-32(47(3,4)5)24-25-48(44)6)38-18-12-17-37-35-16-10-11-19-43(35)50(45)46(37)38/h7-12,14-20,23-29,36,41H,1,13,21-22H2,2-6H3/q+2. The van der Waals surface area contributed by atoms with Gasteiger partial charge in [-0.15, -0.1) is 6.58 Å². The van der Waals surface area contributed by atoms with Crippen molar-refractivity contribution in [3.8, 4) is 22.5 Å². The number of nitrogens with zero attached hydrogens (tertiary/aromatic N) is 3. The lowest BCUT2D eigenvalue weighted by Crippen LogP contribution is -2.47. The molecular weight excluding hydrogens is 607 g/mol. The quantitative estimate of drug-likeness (QED) is 0.125. The number of para-hydroxylation sites is 2. The van der Waals surface area contributed by atoms with E-state index in [2.05, 4.69) is 176 Å². The topological polar surface area (TPSA) is 12.2 Å². The van der Waals surface area contributed by atoms with Gasteiger partial charge in [-0.25, -0.2) is 4.57 Å². The van der Waals surface area contributed by atoms with E-state index in [0.29, 0.717) is 12.0 Å². The summed E-state index contributed by atoms with van der Waals surface area (Å²) < 4.78 is 7.39. The molecule has 4 aromatic carbocycles. The Labute approximate surface area is 295 Å². The maximum atomic E-state index is 4.23. The molecule has 2 unspecified atom stereocenters. The predicted octanol–water partition coefficient (Wildman–Crippen LogP) is 10.7. The van der Waals surface area contributed by atoms with Crippen LogP contribution in [-0.2, 0) is 18.9 Å². The van der Waals surface area contributed by atoms with Crippen molar-refractivity contribution in [1.82, 2.24) is 4.40 Å². The smallest absolute Gasteiger partial charge is 0.213 e. The van der Waals surface area contributed by atoms with Crippen LogP contribution in [0.25, 0.3) is 60.6 Å². The second kappa shape index (κ2) is 11.4. The van der Waals surface area contributed by atoms with Crippen molar-refractivity contribution in [2.75, 3.05) is 0 Å². The summed E-state index contributed by atoms with van der Waals surface area (Å²) in [4.78, 5) is 0. The summed E-state index contributed by atoms with van der Waals surface area (Å²) in [5.41, 5.74) is 14.7. The largest absolute Gasteiger partial charge is 0.308 e. The van der Waals surface area contributed by atoms with E-state index in [9.17, 15) is 0 Å². The van der Waals surface area contributed by atoms with Gasteiger partial charge in [-0.05, 0) is 72.2 Å². The summed E-state index contributed by atoms with van der Waals surface area (Å²) in [5, 5.41) is 5.30. The highest BCUT2D eigenvalue weighted by molar-refractivity contribution is 6.23. The van der Waals surface area contributed by atoms with Crippen molar-refractivity contribution in [2.45, 2.75) is 64.3 Å². The Kier molecular flexibility index (Phi) is 7.00. The third-order valence-corrected chi connectivity index (χ3v) is 11.5. The molecule has 2 atom stereocenters. The van der Waals surface area contributed by atoms with Crippen molar-refractivity contribution in [3.63, 3.8) is 0 Å². The Hall–Kier alpha value is -5.28. The summed E-state index contributed by atoms with van der Waals surface area (Å²) >= 11 is 0. The Morgan fingerprint density at radius 2 is 1.52 bits per heavy atom. The second-order valence-electron chi connectivity index (χ2n) is 15.6. The van der Waals surface area contributed by atoms with Crippen LogP contribution in [0.5, 0.6) is 0 Å². The molecule has 4 aromatic heterocycles. The maximum Gasteiger partial charge on any atom is 0.213 e. The normalized spacial score (nSPS) is 16.0. The van der Waals surface area contributed by atoms with Gasteiger partial charge in [0, 0.05) is 63.2 Å². The van der Waals surface area contributed by atoms with Gasteiger partial charge in [0.2, 0.25) is 11.4 Å². The van der Waals surface area contributed by atoms with Crippen LogP contribution in [0.15, 0.2) is 128 Å². The van der Waals surface area contributed by atoms with E-state index in [1.165, 1.54) is 82.9 Å². The molecular formula is C47H45N3+2. The van der Waals surface area contributed by atoms with Crippen LogP contribution in [-0.4, -0.2) is 4.40 Å². The molecule has 5 heterocycles. The monoisotopic (exact) mass is 651 g/mol. The van der Waals surface area contributed by atoms with E-state index in [1.807, 2.05) is 0 Å². The van der Waals surface area contributed by atoms with Gasteiger partial charge in [-0.1, -0.05) is 81.4 Å². The average molecular weight is 652 g/mol. The minimum atomic E-state index is 0.0508. The van der Waals surface area contributed by atoms with Crippen LogP contribution in [0.4, 0.5) is 0 Å². The molecule has 9 rings (SSSR count). The molecule has 0 N–H and O–H groups in total. The summed E-state index contributed by atoms with van der Waals surface area (Å²) in [6, 6.07) is 39.4. The van der Waals surface area contributed by atoms with Crippen LogP contribution in [0.1, 0.15) is 67.8 Å². The Bertz CT molecular complexity index is 2610. The molecule has 0 spiro atoms. The van der Waals surface area contributed by atoms with E-state index in [0.717, 1.165) is 19.3 Å². The molecule has 3 nitrogen and oxygen atoms in total. The fourth-order valence-corrected chi connectivity index (χ4v) is 8.96. The van der Waals surface area contributed by atoms with Crippen molar-refractivity contribution in [2.24, 2.45) is 7.05 Å². The van der Waals surface area contributed by atoms with Gasteiger partial charge >= 0.3 is 0 Å². The minimum absolute atomic E-state index is 0.0508. The molecule has 0 saturated heterocycles. The zero-order chi connectivity index (χ0) is 34.3. The van der Waals surface area contributed by atoms with Gasteiger partial charge < -0.3 is 4.40 Å². The summed E-state index contributed by atoms with van der Waals surface area (Å²) in [6.45, 7) is 13.4. The third kappa shape index (κ3) is 4.63. The summed E-state index contributed by atoms with van der Waals surface area (Å²) in [6.07, 6.45) is 9.66. The number of hydrogen-bond acceptors (Lipinski definition) is 0. The van der Waals surface area contributed by atoms with Crippen molar-refractivity contribution >= 4 is 38.1 Å². The van der Waals surface area contributed by atoms with Gasteiger partial charge in [0.05, 0.1) is 22.1 Å². The average Bonchev–Trinajstić information content (AvgIpc) is 3.62. The SMILES string of the molecule is C=CCC1C(CCc2cc3c(cc2-c2cc(C(C)(C)C)cc[n+]2C)c2cccc4c5ccccc5n3c42)c2ccccc2-c2ccc(C)c[n+]21. The molecule has 0 radical (unpaired) electrons. The third-order valence-electron chi connectivity index (χ3n) is 11.5. The number of allylic oxidation sites excluding steroid dienone is 1. The molecule has 0 aliphatic carbocycles. The number of benzene rings is 4. The molecule has 3 heteroatoms. The van der Waals surface area contributed by atoms with E-state index in [1.54, 1.807) is 0 Å². The van der Waals surface area contributed by atoms with Gasteiger partial charge in [0.1, 0.15) is 7.05 Å². The van der Waals surface area contributed by atoms with Gasteiger partial charge in [0.15, 0.2) is 18.4 Å². The number of aromatic nitrogens is 3. The fraction of sp³-hybridized carbons (Fsp3) is 0.234. The molecule has 1 aliphatic rings. The predicted molar refractivity (Wildman–Crippen MR) is 208 cm³/mol. The Balaban J connectivity index is 1.27. The van der Waals surface area contributed by atoms with Crippen LogP contribution >= 0.6 is 0 Å². The first-order valence-corrected chi connectivity index (χ1v) is 18.2. The molecule has 246 valence electrons. The van der Waals surface area contributed by atoms with Crippen molar-refractivity contribution in [3.05, 3.63) is 150 Å². The zero-order valence-corrected chi connectivity index (χ0v) is 29.9. The Morgan fingerprint density at radius 1 is 0.760 bits per heavy atom.